The maximum Gasteiger partial charge on any atom is 0.255 e. The molecule has 3 aromatic rings. The van der Waals surface area contributed by atoms with E-state index >= 15 is 0 Å². The molecule has 0 radical (unpaired) electrons. The Kier molecular flexibility index (Phi) is 3.32. The molecule has 0 saturated carbocycles. The lowest BCUT2D eigenvalue weighted by Crippen LogP contribution is -2.13. The van der Waals surface area contributed by atoms with Gasteiger partial charge in [-0.2, -0.15) is 0 Å². The minimum atomic E-state index is -0.0984. The lowest BCUT2D eigenvalue weighted by molar-refractivity contribution is 0.102. The van der Waals surface area contributed by atoms with Crippen LogP contribution in [-0.4, -0.2) is 10.9 Å². The standard InChI is InChI=1S/C16H13BrN2O/c1-10-2-3-12(17)9-14(10)16(20)19-13-4-5-15-11(8-13)6-7-18-15/h2-9,18H,1H3,(H,19,20). The van der Waals surface area contributed by atoms with E-state index in [4.69, 9.17) is 0 Å². The molecule has 0 bridgehead atoms. The molecule has 0 spiro atoms. The Balaban J connectivity index is 1.89. The van der Waals surface area contributed by atoms with E-state index in [1.54, 1.807) is 0 Å². The normalized spacial score (nSPS) is 10.7. The molecule has 3 nitrogen and oxygen atoms in total. The van der Waals surface area contributed by atoms with E-state index in [0.29, 0.717) is 5.56 Å². The van der Waals surface area contributed by atoms with Crippen molar-refractivity contribution < 1.29 is 4.79 Å². The molecule has 0 saturated heterocycles. The number of rotatable bonds is 2. The number of H-pyrrole nitrogens is 1. The van der Waals surface area contributed by atoms with E-state index in [9.17, 15) is 4.79 Å². The summed E-state index contributed by atoms with van der Waals surface area (Å²) in [6, 6.07) is 13.5. The third-order valence-electron chi connectivity index (χ3n) is 3.26. The second-order valence-electron chi connectivity index (χ2n) is 4.69. The monoisotopic (exact) mass is 328 g/mol. The van der Waals surface area contributed by atoms with E-state index < -0.39 is 0 Å². The van der Waals surface area contributed by atoms with Crippen LogP contribution in [-0.2, 0) is 0 Å². The van der Waals surface area contributed by atoms with Gasteiger partial charge in [-0.25, -0.2) is 0 Å². The zero-order valence-electron chi connectivity index (χ0n) is 10.9. The molecule has 3 rings (SSSR count). The number of aromatic amines is 1. The smallest absolute Gasteiger partial charge is 0.255 e. The van der Waals surface area contributed by atoms with Crippen LogP contribution in [0.5, 0.6) is 0 Å². The van der Waals surface area contributed by atoms with Crippen LogP contribution in [0.1, 0.15) is 15.9 Å². The number of anilines is 1. The van der Waals surface area contributed by atoms with Crippen LogP contribution < -0.4 is 5.32 Å². The van der Waals surface area contributed by atoms with E-state index in [0.717, 1.165) is 26.6 Å². The first kappa shape index (κ1) is 12.9. The van der Waals surface area contributed by atoms with E-state index in [2.05, 4.69) is 26.2 Å². The second-order valence-corrected chi connectivity index (χ2v) is 5.61. The van der Waals surface area contributed by atoms with Gasteiger partial charge in [0, 0.05) is 32.8 Å². The third-order valence-corrected chi connectivity index (χ3v) is 3.75. The summed E-state index contributed by atoms with van der Waals surface area (Å²) in [6.45, 7) is 1.93. The number of benzene rings is 2. The van der Waals surface area contributed by atoms with Gasteiger partial charge >= 0.3 is 0 Å². The highest BCUT2D eigenvalue weighted by Gasteiger charge is 2.10. The predicted molar refractivity (Wildman–Crippen MR) is 85.1 cm³/mol. The Morgan fingerprint density at radius 1 is 1.15 bits per heavy atom. The number of carbonyl (C=O) groups is 1. The average molecular weight is 329 g/mol. The minimum absolute atomic E-state index is 0.0984. The Morgan fingerprint density at radius 2 is 2.00 bits per heavy atom. The van der Waals surface area contributed by atoms with Crippen molar-refractivity contribution in [3.05, 3.63) is 64.3 Å². The van der Waals surface area contributed by atoms with Crippen molar-refractivity contribution in [1.29, 1.82) is 0 Å². The van der Waals surface area contributed by atoms with Gasteiger partial charge in [0.1, 0.15) is 0 Å². The van der Waals surface area contributed by atoms with Gasteiger partial charge in [0.15, 0.2) is 0 Å². The van der Waals surface area contributed by atoms with Crippen molar-refractivity contribution in [3.8, 4) is 0 Å². The van der Waals surface area contributed by atoms with Crippen molar-refractivity contribution in [1.82, 2.24) is 4.98 Å². The number of hydrogen-bond donors (Lipinski definition) is 2. The number of carbonyl (C=O) groups excluding carboxylic acids is 1. The molecule has 2 N–H and O–H groups in total. The van der Waals surface area contributed by atoms with Gasteiger partial charge < -0.3 is 10.3 Å². The predicted octanol–water partition coefficient (Wildman–Crippen LogP) is 4.49. The summed E-state index contributed by atoms with van der Waals surface area (Å²) in [7, 11) is 0. The Labute approximate surface area is 125 Å². The highest BCUT2D eigenvalue weighted by molar-refractivity contribution is 9.10. The highest BCUT2D eigenvalue weighted by Crippen LogP contribution is 2.20. The lowest BCUT2D eigenvalue weighted by Gasteiger charge is -2.08. The fourth-order valence-corrected chi connectivity index (χ4v) is 2.53. The van der Waals surface area contributed by atoms with Gasteiger partial charge in [0.05, 0.1) is 0 Å². The van der Waals surface area contributed by atoms with Crippen molar-refractivity contribution >= 4 is 38.4 Å². The van der Waals surface area contributed by atoms with Gasteiger partial charge in [0.2, 0.25) is 0 Å². The summed E-state index contributed by atoms with van der Waals surface area (Å²) in [5.74, 6) is -0.0984. The average Bonchev–Trinajstić information content (AvgIpc) is 2.89. The van der Waals surface area contributed by atoms with E-state index in [1.807, 2.05) is 55.6 Å². The van der Waals surface area contributed by atoms with Crippen molar-refractivity contribution in [2.45, 2.75) is 6.92 Å². The molecule has 2 aromatic carbocycles. The first-order chi connectivity index (χ1) is 9.63. The van der Waals surface area contributed by atoms with Gasteiger partial charge in [-0.15, -0.1) is 0 Å². The summed E-state index contributed by atoms with van der Waals surface area (Å²) in [6.07, 6.45) is 1.88. The molecule has 0 aliphatic heterocycles. The Morgan fingerprint density at radius 3 is 2.85 bits per heavy atom. The zero-order chi connectivity index (χ0) is 14.1. The highest BCUT2D eigenvalue weighted by atomic mass is 79.9. The molecular weight excluding hydrogens is 316 g/mol. The van der Waals surface area contributed by atoms with Gasteiger partial charge in [-0.05, 0) is 48.9 Å². The molecule has 4 heteroatoms. The molecule has 0 aliphatic carbocycles. The first-order valence-electron chi connectivity index (χ1n) is 6.28. The molecular formula is C16H13BrN2O. The zero-order valence-corrected chi connectivity index (χ0v) is 12.5. The van der Waals surface area contributed by atoms with Crippen LogP contribution in [0, 0.1) is 6.92 Å². The third kappa shape index (κ3) is 2.47. The number of nitrogens with one attached hydrogen (secondary N) is 2. The topological polar surface area (TPSA) is 44.9 Å². The fourth-order valence-electron chi connectivity index (χ4n) is 2.17. The van der Waals surface area contributed by atoms with Gasteiger partial charge in [-0.1, -0.05) is 22.0 Å². The van der Waals surface area contributed by atoms with Crippen LogP contribution >= 0.6 is 15.9 Å². The molecule has 0 fully saturated rings. The number of fused-ring (bicyclic) bond motifs is 1. The quantitative estimate of drug-likeness (QED) is 0.715. The van der Waals surface area contributed by atoms with Crippen LogP contribution in [0.25, 0.3) is 10.9 Å². The largest absolute Gasteiger partial charge is 0.361 e. The van der Waals surface area contributed by atoms with Crippen LogP contribution in [0.15, 0.2) is 53.1 Å². The van der Waals surface area contributed by atoms with Gasteiger partial charge in [0.25, 0.3) is 5.91 Å². The summed E-state index contributed by atoms with van der Waals surface area (Å²) in [4.78, 5) is 15.5. The summed E-state index contributed by atoms with van der Waals surface area (Å²) < 4.78 is 0.898. The number of amides is 1. The molecule has 0 aliphatic rings. The summed E-state index contributed by atoms with van der Waals surface area (Å²) in [5, 5.41) is 4.01. The first-order valence-corrected chi connectivity index (χ1v) is 7.07. The molecule has 0 unspecified atom stereocenters. The molecule has 1 heterocycles. The molecule has 1 aromatic heterocycles. The number of hydrogen-bond acceptors (Lipinski definition) is 1. The Hall–Kier alpha value is -2.07. The maximum atomic E-state index is 12.3. The second kappa shape index (κ2) is 5.13. The summed E-state index contributed by atoms with van der Waals surface area (Å²) in [5.41, 5.74) is 3.48. The molecule has 20 heavy (non-hydrogen) atoms. The minimum Gasteiger partial charge on any atom is -0.361 e. The lowest BCUT2D eigenvalue weighted by atomic mass is 10.1. The molecule has 0 atom stereocenters. The van der Waals surface area contributed by atoms with E-state index in [1.165, 1.54) is 0 Å². The van der Waals surface area contributed by atoms with Crippen LogP contribution in [0.4, 0.5) is 5.69 Å². The molecule has 100 valence electrons. The number of aryl methyl sites for hydroxylation is 1. The van der Waals surface area contributed by atoms with Gasteiger partial charge in [-0.3, -0.25) is 4.79 Å². The number of aromatic nitrogens is 1. The van der Waals surface area contributed by atoms with E-state index in [-0.39, 0.29) is 5.91 Å². The van der Waals surface area contributed by atoms with Crippen molar-refractivity contribution in [3.63, 3.8) is 0 Å². The van der Waals surface area contributed by atoms with Crippen molar-refractivity contribution in [2.24, 2.45) is 0 Å². The number of halogens is 1. The Bertz CT molecular complexity index is 792. The van der Waals surface area contributed by atoms with Crippen LogP contribution in [0.2, 0.25) is 0 Å². The SMILES string of the molecule is Cc1ccc(Br)cc1C(=O)Nc1ccc2[nH]ccc2c1. The van der Waals surface area contributed by atoms with Crippen molar-refractivity contribution in [2.75, 3.05) is 5.32 Å². The fraction of sp³-hybridized carbons (Fsp3) is 0.0625. The summed E-state index contributed by atoms with van der Waals surface area (Å²) >= 11 is 3.39. The van der Waals surface area contributed by atoms with Crippen LogP contribution in [0.3, 0.4) is 0 Å². The molecule has 1 amide bonds. The maximum absolute atomic E-state index is 12.3.